The van der Waals surface area contributed by atoms with Crippen molar-refractivity contribution in [3.05, 3.63) is 82.2 Å². The van der Waals surface area contributed by atoms with Crippen LogP contribution < -0.4 is 11.1 Å². The van der Waals surface area contributed by atoms with Crippen LogP contribution in [0.1, 0.15) is 73.1 Å². The highest BCUT2D eigenvalue weighted by Crippen LogP contribution is 2.36. The number of alkyl carbamates (subject to hydrolysis) is 1. The summed E-state index contributed by atoms with van der Waals surface area (Å²) in [6.07, 6.45) is 0.304. The quantitative estimate of drug-likeness (QED) is 0.206. The molecular weight excluding hydrogens is 522 g/mol. The van der Waals surface area contributed by atoms with E-state index in [2.05, 4.69) is 31.3 Å². The molecule has 1 heterocycles. The van der Waals surface area contributed by atoms with Crippen LogP contribution >= 0.6 is 11.8 Å². The van der Waals surface area contributed by atoms with E-state index in [1.165, 1.54) is 7.11 Å². The number of methoxy groups -OCH3 is 1. The van der Waals surface area contributed by atoms with Crippen LogP contribution in [0, 0.1) is 12.8 Å². The summed E-state index contributed by atoms with van der Waals surface area (Å²) in [6.45, 7) is 12.6. The fourth-order valence-electron chi connectivity index (χ4n) is 4.38. The van der Waals surface area contributed by atoms with Crippen molar-refractivity contribution >= 4 is 23.8 Å². The average Bonchev–Trinajstić information content (AvgIpc) is 2.90. The first kappa shape index (κ1) is 31.2. The third-order valence-corrected chi connectivity index (χ3v) is 7.24. The first-order valence-electron chi connectivity index (χ1n) is 13.5. The first-order chi connectivity index (χ1) is 18.9. The van der Waals surface area contributed by atoms with E-state index < -0.39 is 11.7 Å². The van der Waals surface area contributed by atoms with Gasteiger partial charge in [0.05, 0.1) is 12.7 Å². The minimum absolute atomic E-state index is 0.285. The molecule has 7 nitrogen and oxygen atoms in total. The summed E-state index contributed by atoms with van der Waals surface area (Å²) in [5.74, 6) is 0.634. The predicted octanol–water partition coefficient (Wildman–Crippen LogP) is 6.82. The summed E-state index contributed by atoms with van der Waals surface area (Å²) >= 11 is 1.63. The van der Waals surface area contributed by atoms with Gasteiger partial charge in [-0.15, -0.1) is 11.8 Å². The number of nitrogens with one attached hydrogen (secondary N) is 1. The highest BCUT2D eigenvalue weighted by atomic mass is 32.2. The standard InChI is InChI=1S/C32H41N3O4S/c1-20(2)15-28-26(18-34-31(37)39-32(4,5)6)29(23-13-11-22(17-33)12-14-23)27(21(3)35-28)19-40-25-10-8-9-24(16-25)30(36)38-7/h8-14,16,20H,15,17-19,33H2,1-7H3,(H,34,37). The Hall–Kier alpha value is -3.36. The van der Waals surface area contributed by atoms with Crippen molar-refractivity contribution in [1.29, 1.82) is 0 Å². The van der Waals surface area contributed by atoms with E-state index in [4.69, 9.17) is 20.2 Å². The maximum absolute atomic E-state index is 12.7. The number of benzene rings is 2. The minimum Gasteiger partial charge on any atom is -0.465 e. The number of amides is 1. The number of nitrogens with two attached hydrogens (primary N) is 1. The Bertz CT molecular complexity index is 1330. The summed E-state index contributed by atoms with van der Waals surface area (Å²) in [5.41, 5.74) is 12.9. The Balaban J connectivity index is 2.11. The Kier molecular flexibility index (Phi) is 10.8. The van der Waals surface area contributed by atoms with Crippen molar-refractivity contribution in [1.82, 2.24) is 10.3 Å². The summed E-state index contributed by atoms with van der Waals surface area (Å²) in [7, 11) is 1.38. The van der Waals surface area contributed by atoms with E-state index in [1.54, 1.807) is 17.8 Å². The zero-order valence-electron chi connectivity index (χ0n) is 24.6. The van der Waals surface area contributed by atoms with Crippen LogP contribution in [0.2, 0.25) is 0 Å². The summed E-state index contributed by atoms with van der Waals surface area (Å²) < 4.78 is 10.4. The van der Waals surface area contributed by atoms with Gasteiger partial charge in [-0.2, -0.15) is 0 Å². The van der Waals surface area contributed by atoms with Crippen LogP contribution in [0.3, 0.4) is 0 Å². The van der Waals surface area contributed by atoms with Gasteiger partial charge in [0.15, 0.2) is 0 Å². The second-order valence-electron chi connectivity index (χ2n) is 11.1. The van der Waals surface area contributed by atoms with E-state index in [-0.39, 0.29) is 12.5 Å². The lowest BCUT2D eigenvalue weighted by Crippen LogP contribution is -2.32. The predicted molar refractivity (Wildman–Crippen MR) is 161 cm³/mol. The smallest absolute Gasteiger partial charge is 0.407 e. The van der Waals surface area contributed by atoms with Crippen LogP contribution in [0.15, 0.2) is 53.4 Å². The fraction of sp³-hybridized carbons (Fsp3) is 0.406. The molecule has 0 saturated carbocycles. The third-order valence-electron chi connectivity index (χ3n) is 6.22. The minimum atomic E-state index is -0.599. The summed E-state index contributed by atoms with van der Waals surface area (Å²) in [5, 5.41) is 2.97. The fourth-order valence-corrected chi connectivity index (χ4v) is 5.43. The van der Waals surface area contributed by atoms with Gasteiger partial charge in [0.1, 0.15) is 5.60 Å². The number of aryl methyl sites for hydroxylation is 1. The number of aromatic nitrogens is 1. The monoisotopic (exact) mass is 563 g/mol. The highest BCUT2D eigenvalue weighted by Gasteiger charge is 2.22. The Labute approximate surface area is 242 Å². The molecule has 0 unspecified atom stereocenters. The average molecular weight is 564 g/mol. The molecule has 0 atom stereocenters. The molecule has 1 amide bonds. The molecule has 3 rings (SSSR count). The lowest BCUT2D eigenvalue weighted by molar-refractivity contribution is 0.0522. The van der Waals surface area contributed by atoms with Crippen molar-refractivity contribution in [2.75, 3.05) is 7.11 Å². The zero-order chi connectivity index (χ0) is 29.4. The van der Waals surface area contributed by atoms with Crippen LogP contribution in [-0.4, -0.2) is 29.8 Å². The molecule has 40 heavy (non-hydrogen) atoms. The van der Waals surface area contributed by atoms with Crippen molar-refractivity contribution < 1.29 is 19.1 Å². The largest absolute Gasteiger partial charge is 0.465 e. The molecule has 0 spiro atoms. The second kappa shape index (κ2) is 13.8. The number of hydrogen-bond donors (Lipinski definition) is 2. The number of hydrogen-bond acceptors (Lipinski definition) is 7. The molecule has 2 aromatic carbocycles. The van der Waals surface area contributed by atoms with Gasteiger partial charge < -0.3 is 20.5 Å². The molecular formula is C32H41N3O4S. The molecule has 0 saturated heterocycles. The van der Waals surface area contributed by atoms with Crippen molar-refractivity contribution in [2.24, 2.45) is 11.7 Å². The Morgan fingerprint density at radius 1 is 1.07 bits per heavy atom. The van der Waals surface area contributed by atoms with Gasteiger partial charge in [-0.3, -0.25) is 4.98 Å². The molecule has 214 valence electrons. The van der Waals surface area contributed by atoms with E-state index in [0.717, 1.165) is 50.5 Å². The Morgan fingerprint density at radius 2 is 1.77 bits per heavy atom. The molecule has 0 aliphatic carbocycles. The van der Waals surface area contributed by atoms with Gasteiger partial charge in [-0.1, -0.05) is 44.2 Å². The number of esters is 1. The number of carbonyl (C=O) groups excluding carboxylic acids is 2. The maximum atomic E-state index is 12.7. The molecule has 0 aliphatic rings. The summed E-state index contributed by atoms with van der Waals surface area (Å²) in [4.78, 5) is 30.7. The molecule has 0 aliphatic heterocycles. The molecule has 0 fully saturated rings. The normalized spacial score (nSPS) is 11.4. The third kappa shape index (κ3) is 8.57. The second-order valence-corrected chi connectivity index (χ2v) is 12.2. The van der Waals surface area contributed by atoms with Gasteiger partial charge >= 0.3 is 12.1 Å². The van der Waals surface area contributed by atoms with E-state index in [1.807, 2.05) is 58.0 Å². The number of thioether (sulfide) groups is 1. The number of nitrogens with zero attached hydrogens (tertiary/aromatic N) is 1. The van der Waals surface area contributed by atoms with Crippen LogP contribution in [-0.2, 0) is 34.7 Å². The van der Waals surface area contributed by atoms with Gasteiger partial charge in [-0.05, 0) is 80.5 Å². The molecule has 0 radical (unpaired) electrons. The van der Waals surface area contributed by atoms with Crippen LogP contribution in [0.4, 0.5) is 4.79 Å². The maximum Gasteiger partial charge on any atom is 0.407 e. The molecule has 0 bridgehead atoms. The van der Waals surface area contributed by atoms with E-state index in [9.17, 15) is 9.59 Å². The van der Waals surface area contributed by atoms with Gasteiger partial charge in [0.2, 0.25) is 0 Å². The van der Waals surface area contributed by atoms with E-state index in [0.29, 0.717) is 23.8 Å². The molecule has 3 aromatic rings. The summed E-state index contributed by atoms with van der Waals surface area (Å²) in [6, 6.07) is 15.7. The van der Waals surface area contributed by atoms with Crippen molar-refractivity contribution in [3.8, 4) is 11.1 Å². The van der Waals surface area contributed by atoms with Crippen molar-refractivity contribution in [2.45, 2.75) is 77.3 Å². The first-order valence-corrected chi connectivity index (χ1v) is 14.5. The lowest BCUT2D eigenvalue weighted by atomic mass is 9.90. The zero-order valence-corrected chi connectivity index (χ0v) is 25.4. The SMILES string of the molecule is COC(=O)c1cccc(SCc2c(C)nc(CC(C)C)c(CNC(=O)OC(C)(C)C)c2-c2ccc(CN)cc2)c1. The topological polar surface area (TPSA) is 104 Å². The van der Waals surface area contributed by atoms with Gasteiger partial charge in [0, 0.05) is 40.7 Å². The van der Waals surface area contributed by atoms with Gasteiger partial charge in [0.25, 0.3) is 0 Å². The number of pyridine rings is 1. The Morgan fingerprint density at radius 3 is 2.38 bits per heavy atom. The number of rotatable bonds is 10. The van der Waals surface area contributed by atoms with Crippen LogP contribution in [0.25, 0.3) is 11.1 Å². The molecule has 1 aromatic heterocycles. The van der Waals surface area contributed by atoms with Crippen LogP contribution in [0.5, 0.6) is 0 Å². The number of carbonyl (C=O) groups is 2. The molecule has 8 heteroatoms. The molecule has 3 N–H and O–H groups in total. The highest BCUT2D eigenvalue weighted by molar-refractivity contribution is 7.98. The van der Waals surface area contributed by atoms with Gasteiger partial charge in [-0.25, -0.2) is 9.59 Å². The van der Waals surface area contributed by atoms with Crippen molar-refractivity contribution in [3.63, 3.8) is 0 Å². The van der Waals surface area contributed by atoms with E-state index >= 15 is 0 Å². The lowest BCUT2D eigenvalue weighted by Gasteiger charge is -2.23. The number of ether oxygens (including phenoxy) is 2.